The van der Waals surface area contributed by atoms with Crippen molar-refractivity contribution >= 4 is 12.6 Å². The van der Waals surface area contributed by atoms with E-state index in [9.17, 15) is 8.78 Å². The molecule has 2 rings (SSSR count). The molecule has 0 atom stereocenters. The van der Waals surface area contributed by atoms with Gasteiger partial charge in [-0.05, 0) is 24.3 Å². The molecule has 4 heteroatoms. The zero-order valence-corrected chi connectivity index (χ0v) is 9.05. The van der Waals surface area contributed by atoms with Gasteiger partial charge in [0.25, 0.3) is 0 Å². The average molecular weight is 238 g/mol. The second kappa shape index (κ2) is 4.53. The summed E-state index contributed by atoms with van der Waals surface area (Å²) in [6, 6.07) is 9.67. The minimum atomic E-state index is -0.445. The van der Waals surface area contributed by atoms with Crippen molar-refractivity contribution in [1.29, 1.82) is 0 Å². The standard InChI is InChI=1S/C12H8F2OS/c13-8-2-1-3-10(4-8)15-11-5-9(14)6-12(16)7-11/h1-7,16H. The van der Waals surface area contributed by atoms with E-state index in [2.05, 4.69) is 12.6 Å². The van der Waals surface area contributed by atoms with E-state index < -0.39 is 11.6 Å². The summed E-state index contributed by atoms with van der Waals surface area (Å²) in [7, 11) is 0. The smallest absolute Gasteiger partial charge is 0.131 e. The van der Waals surface area contributed by atoms with Gasteiger partial charge in [-0.1, -0.05) is 6.07 Å². The lowest BCUT2D eigenvalue weighted by atomic mass is 10.3. The maximum atomic E-state index is 13.0. The summed E-state index contributed by atoms with van der Waals surface area (Å²) in [5.74, 6) is -0.243. The van der Waals surface area contributed by atoms with E-state index in [1.807, 2.05) is 0 Å². The molecule has 2 aromatic rings. The summed E-state index contributed by atoms with van der Waals surface area (Å²) in [5.41, 5.74) is 0. The maximum Gasteiger partial charge on any atom is 0.131 e. The molecule has 0 radical (unpaired) electrons. The molecule has 0 fully saturated rings. The quantitative estimate of drug-likeness (QED) is 0.777. The number of benzene rings is 2. The molecular formula is C12H8F2OS. The molecule has 2 aromatic carbocycles. The highest BCUT2D eigenvalue weighted by Gasteiger charge is 2.02. The Balaban J connectivity index is 2.27. The molecule has 16 heavy (non-hydrogen) atoms. The Hall–Kier alpha value is -1.55. The van der Waals surface area contributed by atoms with Crippen LogP contribution in [0, 0.1) is 11.6 Å². The molecule has 0 unspecified atom stereocenters. The molecule has 0 saturated carbocycles. The summed E-state index contributed by atoms with van der Waals surface area (Å²) in [6.07, 6.45) is 0. The molecule has 0 aromatic heterocycles. The van der Waals surface area contributed by atoms with Gasteiger partial charge >= 0.3 is 0 Å². The SMILES string of the molecule is Fc1cccc(Oc2cc(F)cc(S)c2)c1. The van der Waals surface area contributed by atoms with Gasteiger partial charge in [-0.15, -0.1) is 12.6 Å². The molecule has 0 aliphatic carbocycles. The van der Waals surface area contributed by atoms with E-state index >= 15 is 0 Å². The number of thiol groups is 1. The van der Waals surface area contributed by atoms with Crippen molar-refractivity contribution in [2.45, 2.75) is 4.90 Å². The van der Waals surface area contributed by atoms with E-state index in [4.69, 9.17) is 4.74 Å². The Labute approximate surface area is 97.1 Å². The second-order valence-corrected chi connectivity index (χ2v) is 3.72. The molecule has 0 spiro atoms. The summed E-state index contributed by atoms with van der Waals surface area (Å²) in [5, 5.41) is 0. The first kappa shape index (κ1) is 11.0. The Morgan fingerprint density at radius 1 is 0.875 bits per heavy atom. The van der Waals surface area contributed by atoms with Crippen molar-refractivity contribution in [3.05, 3.63) is 54.1 Å². The Morgan fingerprint density at radius 2 is 1.62 bits per heavy atom. The van der Waals surface area contributed by atoms with E-state index in [1.165, 1.54) is 30.3 Å². The van der Waals surface area contributed by atoms with E-state index in [-0.39, 0.29) is 5.75 Å². The highest BCUT2D eigenvalue weighted by molar-refractivity contribution is 7.80. The first-order chi connectivity index (χ1) is 7.63. The Bertz CT molecular complexity index is 494. The normalized spacial score (nSPS) is 10.2. The number of ether oxygens (including phenoxy) is 1. The predicted molar refractivity (Wildman–Crippen MR) is 60.1 cm³/mol. The topological polar surface area (TPSA) is 9.23 Å². The number of rotatable bonds is 2. The van der Waals surface area contributed by atoms with Gasteiger partial charge in [0.2, 0.25) is 0 Å². The van der Waals surface area contributed by atoms with Crippen LogP contribution in [0.4, 0.5) is 8.78 Å². The zero-order valence-electron chi connectivity index (χ0n) is 8.15. The van der Waals surface area contributed by atoms with E-state index in [1.54, 1.807) is 12.1 Å². The fourth-order valence-electron chi connectivity index (χ4n) is 1.27. The molecule has 0 N–H and O–H groups in total. The van der Waals surface area contributed by atoms with Crippen molar-refractivity contribution in [2.75, 3.05) is 0 Å². The third-order valence-corrected chi connectivity index (χ3v) is 2.15. The van der Waals surface area contributed by atoms with Crippen LogP contribution in [0.3, 0.4) is 0 Å². The Morgan fingerprint density at radius 3 is 2.31 bits per heavy atom. The van der Waals surface area contributed by atoms with Gasteiger partial charge in [0.15, 0.2) is 0 Å². The highest BCUT2D eigenvalue weighted by Crippen LogP contribution is 2.25. The minimum Gasteiger partial charge on any atom is -0.457 e. The molecule has 0 heterocycles. The predicted octanol–water partition coefficient (Wildman–Crippen LogP) is 4.05. The third-order valence-electron chi connectivity index (χ3n) is 1.89. The largest absolute Gasteiger partial charge is 0.457 e. The van der Waals surface area contributed by atoms with E-state index in [0.29, 0.717) is 10.6 Å². The molecule has 0 aliphatic heterocycles. The highest BCUT2D eigenvalue weighted by atomic mass is 32.1. The lowest BCUT2D eigenvalue weighted by molar-refractivity contribution is 0.469. The Kier molecular flexibility index (Phi) is 3.10. The van der Waals surface area contributed by atoms with Crippen LogP contribution in [0.15, 0.2) is 47.4 Å². The minimum absolute atomic E-state index is 0.288. The average Bonchev–Trinajstić information content (AvgIpc) is 2.15. The van der Waals surface area contributed by atoms with Crippen LogP contribution in [0.2, 0.25) is 0 Å². The van der Waals surface area contributed by atoms with Gasteiger partial charge in [0, 0.05) is 17.0 Å². The molecule has 0 amide bonds. The molecule has 0 bridgehead atoms. The van der Waals surface area contributed by atoms with Gasteiger partial charge in [0.1, 0.15) is 23.1 Å². The summed E-state index contributed by atoms with van der Waals surface area (Å²) in [4.78, 5) is 0.450. The van der Waals surface area contributed by atoms with Gasteiger partial charge in [-0.25, -0.2) is 8.78 Å². The lowest BCUT2D eigenvalue weighted by Gasteiger charge is -2.06. The summed E-state index contributed by atoms with van der Waals surface area (Å²) in [6.45, 7) is 0. The molecule has 1 nitrogen and oxygen atoms in total. The zero-order chi connectivity index (χ0) is 11.5. The molecule has 0 aliphatic rings. The van der Waals surface area contributed by atoms with Gasteiger partial charge in [-0.2, -0.15) is 0 Å². The first-order valence-electron chi connectivity index (χ1n) is 4.56. The number of hydrogen-bond acceptors (Lipinski definition) is 2. The van der Waals surface area contributed by atoms with E-state index in [0.717, 1.165) is 0 Å². The van der Waals surface area contributed by atoms with Crippen LogP contribution in [-0.2, 0) is 0 Å². The summed E-state index contributed by atoms with van der Waals surface area (Å²) < 4.78 is 31.2. The van der Waals surface area contributed by atoms with Gasteiger partial charge in [0.05, 0.1) is 0 Å². The van der Waals surface area contributed by atoms with Crippen molar-refractivity contribution in [1.82, 2.24) is 0 Å². The number of hydrogen-bond donors (Lipinski definition) is 1. The first-order valence-corrected chi connectivity index (χ1v) is 5.01. The number of halogens is 2. The van der Waals surface area contributed by atoms with Crippen molar-refractivity contribution < 1.29 is 13.5 Å². The maximum absolute atomic E-state index is 13.0. The monoisotopic (exact) mass is 238 g/mol. The van der Waals surface area contributed by atoms with Gasteiger partial charge in [-0.3, -0.25) is 0 Å². The van der Waals surface area contributed by atoms with Crippen LogP contribution in [-0.4, -0.2) is 0 Å². The van der Waals surface area contributed by atoms with Gasteiger partial charge < -0.3 is 4.74 Å². The third kappa shape index (κ3) is 2.73. The van der Waals surface area contributed by atoms with Crippen molar-refractivity contribution in [2.24, 2.45) is 0 Å². The lowest BCUT2D eigenvalue weighted by Crippen LogP contribution is -1.86. The van der Waals surface area contributed by atoms with Crippen molar-refractivity contribution in [3.8, 4) is 11.5 Å². The molecule has 82 valence electrons. The van der Waals surface area contributed by atoms with Crippen molar-refractivity contribution in [3.63, 3.8) is 0 Å². The van der Waals surface area contributed by atoms with Crippen LogP contribution in [0.25, 0.3) is 0 Å². The van der Waals surface area contributed by atoms with Crippen LogP contribution in [0.1, 0.15) is 0 Å². The molecular weight excluding hydrogens is 230 g/mol. The fourth-order valence-corrected chi connectivity index (χ4v) is 1.52. The second-order valence-electron chi connectivity index (χ2n) is 3.20. The van der Waals surface area contributed by atoms with Crippen LogP contribution in [0.5, 0.6) is 11.5 Å². The summed E-state index contributed by atoms with van der Waals surface area (Å²) >= 11 is 4.02. The van der Waals surface area contributed by atoms with Crippen LogP contribution >= 0.6 is 12.6 Å². The molecule has 0 saturated heterocycles. The fraction of sp³-hybridized carbons (Fsp3) is 0. The van der Waals surface area contributed by atoms with Crippen LogP contribution < -0.4 is 4.74 Å².